The minimum Gasteiger partial charge on any atom is -0.388 e. The van der Waals surface area contributed by atoms with E-state index in [4.69, 9.17) is 42.6 Å². The molecule has 0 spiro atoms. The predicted octanol–water partition coefficient (Wildman–Crippen LogP) is 7.53. The normalized spacial score (nSPS) is 33.5. The fourth-order valence-electron chi connectivity index (χ4n) is 5.84. The Bertz CT molecular complexity index is 855. The average Bonchev–Trinajstić information content (AvgIpc) is 3.52. The Balaban J connectivity index is 0.000000375. The van der Waals surface area contributed by atoms with Crippen molar-refractivity contribution in [3.8, 4) is 0 Å². The lowest BCUT2D eigenvalue weighted by atomic mass is 9.99. The molecule has 3 aliphatic rings. The quantitative estimate of drug-likeness (QED) is 0.218. The number of hydrogen-bond donors (Lipinski definition) is 1. The number of ether oxygens (including phenoxy) is 9. The first-order valence-corrected chi connectivity index (χ1v) is 19.2. The van der Waals surface area contributed by atoms with Crippen LogP contribution in [-0.4, -0.2) is 121 Å². The zero-order valence-electron chi connectivity index (χ0n) is 35.5. The number of rotatable bonds is 12. The van der Waals surface area contributed by atoms with Crippen LogP contribution in [-0.2, 0) is 42.6 Å². The molecule has 0 bridgehead atoms. The molecule has 0 amide bonds. The molecule has 300 valence electrons. The van der Waals surface area contributed by atoms with Gasteiger partial charge in [0.15, 0.2) is 0 Å². The highest BCUT2D eigenvalue weighted by Gasteiger charge is 2.44. The summed E-state index contributed by atoms with van der Waals surface area (Å²) in [4.78, 5) is 0. The van der Waals surface area contributed by atoms with Crippen molar-refractivity contribution >= 4 is 0 Å². The van der Waals surface area contributed by atoms with Gasteiger partial charge in [-0.25, -0.2) is 0 Å². The Hall–Kier alpha value is -0.400. The molecule has 0 aliphatic carbocycles. The van der Waals surface area contributed by atoms with E-state index in [1.54, 1.807) is 0 Å². The lowest BCUT2D eigenvalue weighted by molar-refractivity contribution is -0.111. The second kappa shape index (κ2) is 20.9. The highest BCUT2D eigenvalue weighted by Crippen LogP contribution is 2.31. The predicted molar refractivity (Wildman–Crippen MR) is 200 cm³/mol. The molecule has 0 radical (unpaired) electrons. The first-order valence-electron chi connectivity index (χ1n) is 19.2. The van der Waals surface area contributed by atoms with Gasteiger partial charge in [0.25, 0.3) is 0 Å². The van der Waals surface area contributed by atoms with E-state index in [1.807, 2.05) is 41.5 Å². The molecule has 11 atom stereocenters. The van der Waals surface area contributed by atoms with Crippen molar-refractivity contribution in [1.29, 1.82) is 0 Å². The molecule has 10 heteroatoms. The van der Waals surface area contributed by atoms with Crippen molar-refractivity contribution in [2.45, 2.75) is 234 Å². The van der Waals surface area contributed by atoms with Gasteiger partial charge in [0.1, 0.15) is 30.5 Å². The van der Waals surface area contributed by atoms with Gasteiger partial charge in [-0.2, -0.15) is 0 Å². The van der Waals surface area contributed by atoms with Crippen LogP contribution in [0.25, 0.3) is 0 Å². The van der Waals surface area contributed by atoms with Crippen LogP contribution in [0.4, 0.5) is 0 Å². The fraction of sp³-hybridized carbons (Fsp3) is 1.00. The molecule has 3 rings (SSSR count). The lowest BCUT2D eigenvalue weighted by Gasteiger charge is -2.27. The van der Waals surface area contributed by atoms with Crippen LogP contribution >= 0.6 is 0 Å². The molecule has 3 aliphatic heterocycles. The molecule has 3 heterocycles. The monoisotopic (exact) mass is 721 g/mol. The van der Waals surface area contributed by atoms with E-state index in [2.05, 4.69) is 90.0 Å². The third-order valence-electron chi connectivity index (χ3n) is 8.32. The molecule has 0 aromatic heterocycles. The van der Waals surface area contributed by atoms with Crippen LogP contribution in [0.2, 0.25) is 0 Å². The standard InChI is InChI=1S/C14H28O3.C13H26O4.C13H26O3/c1-9(2)16-13-10(3)11(4)17-12(13)8-15-14(5,6)7;1-8(2)16-12-10(7-15-13(4,5)6)17-9(3)11(12)14;1-9(2)15-11-7-10(3)16-12(11)8-14-13(4,5)6/h9-13H,8H2,1-7H3;8-12,14H,7H2,1-6H3;9-12H,7-8H2,1-6H3/t10-,11+,12-,13?;9-,10+,11+,12?;10-,11?,12+/m100/s1. The molecule has 50 heavy (non-hydrogen) atoms. The summed E-state index contributed by atoms with van der Waals surface area (Å²) in [5.41, 5.74) is -0.444. The maximum Gasteiger partial charge on any atom is 0.115 e. The van der Waals surface area contributed by atoms with Gasteiger partial charge >= 0.3 is 0 Å². The summed E-state index contributed by atoms with van der Waals surface area (Å²) in [7, 11) is 0. The minimum absolute atomic E-state index is 0.0571. The Morgan fingerprint density at radius 3 is 1.34 bits per heavy atom. The maximum atomic E-state index is 10.0. The van der Waals surface area contributed by atoms with Gasteiger partial charge in [0.05, 0.1) is 85.5 Å². The van der Waals surface area contributed by atoms with Crippen molar-refractivity contribution in [2.75, 3.05) is 19.8 Å². The van der Waals surface area contributed by atoms with Crippen molar-refractivity contribution in [1.82, 2.24) is 0 Å². The van der Waals surface area contributed by atoms with Gasteiger partial charge in [-0.05, 0) is 125 Å². The summed E-state index contributed by atoms with van der Waals surface area (Å²) in [5.74, 6) is 0.422. The van der Waals surface area contributed by atoms with Crippen LogP contribution < -0.4 is 0 Å². The van der Waals surface area contributed by atoms with Gasteiger partial charge in [-0.1, -0.05) is 6.92 Å². The molecular weight excluding hydrogens is 640 g/mol. The highest BCUT2D eigenvalue weighted by molar-refractivity contribution is 4.91. The SMILES string of the molecule is CC(C)OC1C[C@H](C)O[C@@H]1COC(C)(C)C.CC(C)OC1[C@@H](COC(C)(C)C)O[C@@H](C)[C@H]1C.CC(C)OC1[C@@H](COC(C)(C)C)O[C@@H](C)[C@H]1O. The van der Waals surface area contributed by atoms with E-state index in [0.29, 0.717) is 25.7 Å². The van der Waals surface area contributed by atoms with Crippen molar-refractivity contribution in [3.05, 3.63) is 0 Å². The zero-order chi connectivity index (χ0) is 38.8. The maximum absolute atomic E-state index is 10.0. The summed E-state index contributed by atoms with van der Waals surface area (Å²) in [5, 5.41) is 10.0. The van der Waals surface area contributed by atoms with Gasteiger partial charge in [0, 0.05) is 12.3 Å². The Kier molecular flexibility index (Phi) is 19.9. The minimum atomic E-state index is -0.578. The van der Waals surface area contributed by atoms with Crippen LogP contribution in [0, 0.1) is 5.92 Å². The van der Waals surface area contributed by atoms with E-state index in [0.717, 1.165) is 6.42 Å². The number of hydrogen-bond acceptors (Lipinski definition) is 10. The van der Waals surface area contributed by atoms with E-state index in [9.17, 15) is 5.11 Å². The molecule has 0 aromatic carbocycles. The Morgan fingerprint density at radius 1 is 0.540 bits per heavy atom. The largest absolute Gasteiger partial charge is 0.388 e. The number of aliphatic hydroxyl groups is 1. The van der Waals surface area contributed by atoms with Crippen LogP contribution in [0.5, 0.6) is 0 Å². The smallest absolute Gasteiger partial charge is 0.115 e. The van der Waals surface area contributed by atoms with Crippen molar-refractivity contribution in [2.24, 2.45) is 5.92 Å². The van der Waals surface area contributed by atoms with E-state index in [1.165, 1.54) is 0 Å². The van der Waals surface area contributed by atoms with Crippen LogP contribution in [0.3, 0.4) is 0 Å². The van der Waals surface area contributed by atoms with Gasteiger partial charge in [-0.15, -0.1) is 0 Å². The molecule has 1 N–H and O–H groups in total. The summed E-state index contributed by atoms with van der Waals surface area (Å²) in [6.45, 7) is 40.5. The summed E-state index contributed by atoms with van der Waals surface area (Å²) in [6.07, 6.45) is 1.22. The van der Waals surface area contributed by atoms with Gasteiger partial charge in [0.2, 0.25) is 0 Å². The molecule has 3 saturated heterocycles. The van der Waals surface area contributed by atoms with Crippen LogP contribution in [0.15, 0.2) is 0 Å². The molecule has 0 aromatic rings. The Morgan fingerprint density at radius 2 is 0.920 bits per heavy atom. The third kappa shape index (κ3) is 19.1. The highest BCUT2D eigenvalue weighted by atomic mass is 16.6. The summed E-state index contributed by atoms with van der Waals surface area (Å²) >= 11 is 0. The number of aliphatic hydroxyl groups excluding tert-OH is 1. The molecule has 10 nitrogen and oxygen atoms in total. The first-order chi connectivity index (χ1) is 22.7. The van der Waals surface area contributed by atoms with Gasteiger partial charge < -0.3 is 47.7 Å². The van der Waals surface area contributed by atoms with E-state index < -0.39 is 6.10 Å². The lowest BCUT2D eigenvalue weighted by Crippen LogP contribution is -2.39. The second-order valence-corrected chi connectivity index (χ2v) is 18.1. The molecular formula is C40H80O10. The fourth-order valence-corrected chi connectivity index (χ4v) is 5.84. The average molecular weight is 721 g/mol. The first kappa shape index (κ1) is 47.6. The topological polar surface area (TPSA) is 103 Å². The molecule has 3 fully saturated rings. The van der Waals surface area contributed by atoms with Crippen LogP contribution in [0.1, 0.15) is 138 Å². The summed E-state index contributed by atoms with van der Waals surface area (Å²) < 4.78 is 52.3. The molecule has 0 saturated carbocycles. The van der Waals surface area contributed by atoms with Crippen molar-refractivity contribution in [3.63, 3.8) is 0 Å². The molecule has 3 unspecified atom stereocenters. The van der Waals surface area contributed by atoms with E-state index >= 15 is 0 Å². The van der Waals surface area contributed by atoms with Gasteiger partial charge in [-0.3, -0.25) is 0 Å². The summed E-state index contributed by atoms with van der Waals surface area (Å²) in [6, 6.07) is 0. The van der Waals surface area contributed by atoms with E-state index in [-0.39, 0.29) is 90.1 Å². The third-order valence-corrected chi connectivity index (χ3v) is 8.32. The zero-order valence-corrected chi connectivity index (χ0v) is 35.5. The Labute approximate surface area is 307 Å². The second-order valence-electron chi connectivity index (χ2n) is 18.1. The van der Waals surface area contributed by atoms with Crippen molar-refractivity contribution < 1.29 is 47.7 Å².